The van der Waals surface area contributed by atoms with Gasteiger partial charge in [-0.3, -0.25) is 9.13 Å². The van der Waals surface area contributed by atoms with E-state index in [4.69, 9.17) is 9.05 Å². The van der Waals surface area contributed by atoms with E-state index in [-0.39, 0.29) is 19.0 Å². The maximum Gasteiger partial charge on any atom is 0.365 e. The molecule has 2 atom stereocenters. The van der Waals surface area contributed by atoms with Gasteiger partial charge in [0.25, 0.3) is 0 Å². The number of phenols is 1. The summed E-state index contributed by atoms with van der Waals surface area (Å²) in [6.45, 7) is 16.6. The number of nitrogens with zero attached hydrogens (tertiary/aromatic N) is 1. The van der Waals surface area contributed by atoms with E-state index in [1.807, 2.05) is 71.9 Å². The number of phenolic OH excluding ortho intramolecular Hbond substituents is 1. The highest BCUT2D eigenvalue weighted by Crippen LogP contribution is 2.68. The Morgan fingerprint density at radius 1 is 0.865 bits per heavy atom. The van der Waals surface area contributed by atoms with Crippen LogP contribution < -0.4 is 4.90 Å². The minimum atomic E-state index is -5.13. The number of hydrogen-bond acceptors (Lipinski definition) is 6. The van der Waals surface area contributed by atoms with Gasteiger partial charge in [0.05, 0.1) is 19.3 Å². The molecule has 0 spiro atoms. The molecule has 208 valence electrons. The van der Waals surface area contributed by atoms with Crippen molar-refractivity contribution >= 4 is 20.9 Å². The average molecular weight is 556 g/mol. The van der Waals surface area contributed by atoms with Crippen LogP contribution in [0.25, 0.3) is 0 Å². The predicted octanol–water partition coefficient (Wildman–Crippen LogP) is 7.28. The minimum absolute atomic E-state index is 0.0581. The van der Waals surface area contributed by atoms with Gasteiger partial charge >= 0.3 is 15.2 Å². The Kier molecular flexibility index (Phi) is 9.90. The highest BCUT2D eigenvalue weighted by atomic mass is 31.2. The predicted molar refractivity (Wildman–Crippen MR) is 150 cm³/mol. The summed E-state index contributed by atoms with van der Waals surface area (Å²) in [5.41, 5.74) is -0.550. The van der Waals surface area contributed by atoms with Gasteiger partial charge in [-0.15, -0.1) is 0 Å². The first kappa shape index (κ1) is 31.6. The van der Waals surface area contributed by atoms with Crippen molar-refractivity contribution in [2.75, 3.05) is 18.1 Å². The van der Waals surface area contributed by atoms with Crippen LogP contribution in [0.1, 0.15) is 85.0 Å². The molecule has 10 heteroatoms. The minimum Gasteiger partial charge on any atom is -0.507 e. The summed E-state index contributed by atoms with van der Waals surface area (Å²) in [7, 11) is -9.50. The van der Waals surface area contributed by atoms with Gasteiger partial charge in [0.2, 0.25) is 5.52 Å². The normalized spacial score (nSPS) is 14.9. The van der Waals surface area contributed by atoms with Crippen molar-refractivity contribution in [1.82, 2.24) is 0 Å². The summed E-state index contributed by atoms with van der Waals surface area (Å²) in [5, 5.41) is 11.3. The lowest BCUT2D eigenvalue weighted by atomic mass is 9.79. The van der Waals surface area contributed by atoms with Crippen LogP contribution in [0.3, 0.4) is 0 Å². The Morgan fingerprint density at radius 3 is 1.65 bits per heavy atom. The van der Waals surface area contributed by atoms with Crippen molar-refractivity contribution in [2.24, 2.45) is 0 Å². The summed E-state index contributed by atoms with van der Waals surface area (Å²) in [5.74, 6) is 0.126. The van der Waals surface area contributed by atoms with Crippen molar-refractivity contribution in [3.05, 3.63) is 59.2 Å². The van der Waals surface area contributed by atoms with E-state index in [9.17, 15) is 24.0 Å². The van der Waals surface area contributed by atoms with Gasteiger partial charge in [0, 0.05) is 16.8 Å². The van der Waals surface area contributed by atoms with Gasteiger partial charge in [-0.1, -0.05) is 71.9 Å². The van der Waals surface area contributed by atoms with E-state index < -0.39 is 37.6 Å². The van der Waals surface area contributed by atoms with Crippen molar-refractivity contribution in [2.45, 2.75) is 84.7 Å². The van der Waals surface area contributed by atoms with Crippen LogP contribution >= 0.6 is 15.2 Å². The number of benzene rings is 2. The van der Waals surface area contributed by atoms with E-state index in [1.54, 1.807) is 32.9 Å². The van der Waals surface area contributed by atoms with Gasteiger partial charge in [-0.05, 0) is 49.3 Å². The second kappa shape index (κ2) is 11.6. The molecule has 0 aromatic heterocycles. The molecule has 8 nitrogen and oxygen atoms in total. The van der Waals surface area contributed by atoms with E-state index in [1.165, 1.54) is 4.90 Å². The molecular formula is C27H43NO7P2. The molecule has 0 bridgehead atoms. The van der Waals surface area contributed by atoms with Crippen LogP contribution in [0.4, 0.5) is 5.69 Å². The van der Waals surface area contributed by atoms with E-state index in [0.29, 0.717) is 16.8 Å². The molecule has 2 aromatic carbocycles. The fourth-order valence-corrected chi connectivity index (χ4v) is 8.62. The standard InChI is InChI=1S/C27H43NO7P2/c1-10-34-37(33,35-11-2)25(36(30,31)32)28(19(3)20-15-13-12-14-16-20)21-17-22(26(4,5)6)24(29)23(18-21)27(7,8)9/h12-19,25,29H,10-11H2,1-9H3,(H2,30,31,32). The second-order valence-corrected chi connectivity index (χ2v) is 15.4. The lowest BCUT2D eigenvalue weighted by Gasteiger charge is -2.42. The van der Waals surface area contributed by atoms with Crippen LogP contribution in [0.15, 0.2) is 42.5 Å². The largest absolute Gasteiger partial charge is 0.507 e. The Morgan fingerprint density at radius 2 is 1.30 bits per heavy atom. The van der Waals surface area contributed by atoms with Crippen LogP contribution in [-0.2, 0) is 29.0 Å². The SMILES string of the molecule is CCOP(=O)(OCC)C(N(c1cc(C(C)(C)C)c(O)c(C(C)(C)C)c1)C(C)c1ccccc1)P(=O)(O)O. The molecule has 2 aromatic rings. The summed E-state index contributed by atoms with van der Waals surface area (Å²) in [6, 6.07) is 12.0. The Bertz CT molecular complexity index is 1100. The molecule has 0 radical (unpaired) electrons. The summed E-state index contributed by atoms with van der Waals surface area (Å²) in [6.07, 6.45) is 0. The van der Waals surface area contributed by atoms with E-state index in [2.05, 4.69) is 0 Å². The highest BCUT2D eigenvalue weighted by Gasteiger charge is 2.53. The molecule has 0 aliphatic heterocycles. The molecule has 2 unspecified atom stereocenters. The Labute approximate surface area is 221 Å². The quantitative estimate of drug-likeness (QED) is 0.262. The maximum atomic E-state index is 14.1. The van der Waals surface area contributed by atoms with Crippen molar-refractivity contribution in [3.63, 3.8) is 0 Å². The zero-order valence-electron chi connectivity index (χ0n) is 23.4. The van der Waals surface area contributed by atoms with Gasteiger partial charge in [0.1, 0.15) is 5.75 Å². The maximum absolute atomic E-state index is 14.1. The van der Waals surface area contributed by atoms with Gasteiger partial charge in [0.15, 0.2) is 0 Å². The topological polar surface area (TPSA) is 117 Å². The first-order chi connectivity index (χ1) is 16.9. The molecule has 0 heterocycles. The first-order valence-corrected chi connectivity index (χ1v) is 15.8. The van der Waals surface area contributed by atoms with Crippen LogP contribution in [0.2, 0.25) is 0 Å². The smallest absolute Gasteiger partial charge is 0.365 e. The second-order valence-electron chi connectivity index (χ2n) is 11.2. The third kappa shape index (κ3) is 7.26. The molecular weight excluding hydrogens is 512 g/mol. The zero-order chi connectivity index (χ0) is 28.4. The Hall–Kier alpha value is -1.66. The fraction of sp³-hybridized carbons (Fsp3) is 0.556. The average Bonchev–Trinajstić information content (AvgIpc) is 2.75. The van der Waals surface area contributed by atoms with Crippen molar-refractivity contribution < 1.29 is 33.1 Å². The number of aromatic hydroxyl groups is 1. The van der Waals surface area contributed by atoms with Crippen LogP contribution in [-0.4, -0.2) is 33.6 Å². The first-order valence-electron chi connectivity index (χ1n) is 12.5. The van der Waals surface area contributed by atoms with Gasteiger partial charge in [-0.2, -0.15) is 0 Å². The van der Waals surface area contributed by atoms with E-state index in [0.717, 1.165) is 5.56 Å². The van der Waals surface area contributed by atoms with Crippen LogP contribution in [0.5, 0.6) is 5.75 Å². The van der Waals surface area contributed by atoms with Crippen molar-refractivity contribution in [1.29, 1.82) is 0 Å². The molecule has 0 fully saturated rings. The van der Waals surface area contributed by atoms with Crippen molar-refractivity contribution in [3.8, 4) is 5.75 Å². The number of anilines is 1. The van der Waals surface area contributed by atoms with Gasteiger partial charge in [-0.25, -0.2) is 0 Å². The number of rotatable bonds is 10. The third-order valence-corrected chi connectivity index (χ3v) is 10.8. The van der Waals surface area contributed by atoms with Gasteiger partial charge < -0.3 is 28.8 Å². The molecule has 37 heavy (non-hydrogen) atoms. The molecule has 2 rings (SSSR count). The monoisotopic (exact) mass is 555 g/mol. The molecule has 3 N–H and O–H groups in total. The fourth-order valence-electron chi connectivity index (χ4n) is 4.39. The molecule has 0 saturated carbocycles. The summed E-state index contributed by atoms with van der Waals surface area (Å²) >= 11 is 0. The van der Waals surface area contributed by atoms with Crippen LogP contribution in [0, 0.1) is 0 Å². The molecule has 0 aliphatic rings. The summed E-state index contributed by atoms with van der Waals surface area (Å²) < 4.78 is 38.3. The molecule has 0 saturated heterocycles. The zero-order valence-corrected chi connectivity index (χ0v) is 25.2. The molecule has 0 aliphatic carbocycles. The lowest BCUT2D eigenvalue weighted by Crippen LogP contribution is -2.39. The Balaban J connectivity index is 3.05. The third-order valence-electron chi connectivity index (χ3n) is 6.16. The number of hydrogen-bond donors (Lipinski definition) is 3. The lowest BCUT2D eigenvalue weighted by molar-refractivity contribution is 0.212. The van der Waals surface area contributed by atoms with E-state index >= 15 is 0 Å². The highest BCUT2D eigenvalue weighted by molar-refractivity contribution is 7.72. The summed E-state index contributed by atoms with van der Waals surface area (Å²) in [4.78, 5) is 22.8. The molecule has 0 amide bonds.